The maximum atomic E-state index is 8.47. The second kappa shape index (κ2) is 5.01. The summed E-state index contributed by atoms with van der Waals surface area (Å²) < 4.78 is 0. The fraction of sp³-hybridized carbons (Fsp3) is 0. The maximum absolute atomic E-state index is 8.47. The molecule has 0 bridgehead atoms. The third-order valence-corrected chi connectivity index (χ3v) is 0. The quantitative estimate of drug-likeness (QED) is 0.442. The van der Waals surface area contributed by atoms with Crippen LogP contribution in [0.1, 0.15) is 0 Å². The molecule has 4 nitrogen and oxygen atoms in total. The second-order valence-electron chi connectivity index (χ2n) is 0.253. The Morgan fingerprint density at radius 2 is 1.40 bits per heavy atom. The zero-order valence-corrected chi connectivity index (χ0v) is 7.67. The van der Waals surface area contributed by atoms with Gasteiger partial charge in [-0.05, 0) is 0 Å². The standard InChI is InChI=1S/H2NO3.Rb/c2-1(3)4;/h(H2,2,3,4);/q+1;. The van der Waals surface area contributed by atoms with E-state index in [9.17, 15) is 0 Å². The van der Waals surface area contributed by atoms with E-state index in [1.165, 1.54) is 0 Å². The van der Waals surface area contributed by atoms with Gasteiger partial charge in [-0.25, -0.2) is 10.4 Å². The number of hydrogen-bond acceptors (Lipinski definition) is 1. The number of hydrogen-bond donors (Lipinski definition) is 2. The Balaban J connectivity index is 0. The second-order valence-corrected chi connectivity index (χ2v) is 0.253. The summed E-state index contributed by atoms with van der Waals surface area (Å²) in [6.45, 7) is 0. The summed E-state index contributed by atoms with van der Waals surface area (Å²) in [5.41, 5.74) is 0. The van der Waals surface area contributed by atoms with Gasteiger partial charge in [0, 0.05) is 58.2 Å². The summed E-state index contributed by atoms with van der Waals surface area (Å²) in [5, 5.41) is 12.5. The predicted octanol–water partition coefficient (Wildman–Crippen LogP) is -0.837. The van der Waals surface area contributed by atoms with E-state index >= 15 is 0 Å². The van der Waals surface area contributed by atoms with Gasteiger partial charge in [-0.15, -0.1) is 0 Å². The molecular weight excluding hydrogens is 147 g/mol. The first kappa shape index (κ1) is 9.38. The molecule has 0 heterocycles. The van der Waals surface area contributed by atoms with Gasteiger partial charge in [0.2, 0.25) is 0 Å². The van der Waals surface area contributed by atoms with Crippen molar-refractivity contribution >= 4 is 58.2 Å². The molecule has 0 atom stereocenters. The van der Waals surface area contributed by atoms with E-state index in [-0.39, 0.29) is 58.2 Å². The van der Waals surface area contributed by atoms with Gasteiger partial charge in [0.05, 0.1) is 0 Å². The summed E-state index contributed by atoms with van der Waals surface area (Å²) >= 11 is 0. The monoisotopic (exact) mass is 149 g/mol. The molecule has 0 aliphatic heterocycles. The molecule has 0 unspecified atom stereocenters. The third-order valence-electron chi connectivity index (χ3n) is 0. The summed E-state index contributed by atoms with van der Waals surface area (Å²) in [5.74, 6) is 0. The van der Waals surface area contributed by atoms with E-state index in [2.05, 4.69) is 0 Å². The average Bonchev–Trinajstić information content (AvgIpc) is 0.811. The molecule has 0 aliphatic carbocycles. The zero-order chi connectivity index (χ0) is 3.58. The topological polar surface area (TPSA) is 60.5 Å². The fourth-order valence-electron chi connectivity index (χ4n) is 0. The van der Waals surface area contributed by atoms with Crippen molar-refractivity contribution in [1.82, 2.24) is 0 Å². The van der Waals surface area contributed by atoms with E-state index in [4.69, 9.17) is 15.3 Å². The normalized spacial score (nSPS) is 4.80. The van der Waals surface area contributed by atoms with Crippen molar-refractivity contribution in [3.05, 3.63) is 4.91 Å². The molecule has 2 N–H and O–H groups in total. The van der Waals surface area contributed by atoms with Crippen LogP contribution in [0.5, 0.6) is 0 Å². The van der Waals surface area contributed by atoms with Crippen LogP contribution in [0, 0.1) is 4.91 Å². The van der Waals surface area contributed by atoms with Crippen molar-refractivity contribution in [1.29, 1.82) is 0 Å². The van der Waals surface area contributed by atoms with Crippen LogP contribution in [0.3, 0.4) is 0 Å². The molecule has 0 aromatic carbocycles. The fourth-order valence-corrected chi connectivity index (χ4v) is 0. The van der Waals surface area contributed by atoms with Gasteiger partial charge >= 0.3 is 5.09 Å². The van der Waals surface area contributed by atoms with Crippen molar-refractivity contribution in [3.63, 3.8) is 0 Å². The van der Waals surface area contributed by atoms with E-state index < -0.39 is 5.09 Å². The largest absolute Gasteiger partial charge is 0.472 e. The van der Waals surface area contributed by atoms with Crippen molar-refractivity contribution in [3.8, 4) is 0 Å². The van der Waals surface area contributed by atoms with Crippen LogP contribution >= 0.6 is 0 Å². The van der Waals surface area contributed by atoms with E-state index in [1.807, 2.05) is 0 Å². The van der Waals surface area contributed by atoms with Crippen molar-refractivity contribution in [2.45, 2.75) is 0 Å². The molecule has 0 fully saturated rings. The van der Waals surface area contributed by atoms with Gasteiger partial charge in [-0.2, -0.15) is 0 Å². The number of nitrogens with zero attached hydrogens (tertiary/aromatic N) is 1. The molecule has 0 aliphatic rings. The Morgan fingerprint density at radius 3 is 1.40 bits per heavy atom. The molecule has 0 saturated heterocycles. The molecule has 0 rings (SSSR count). The summed E-state index contributed by atoms with van der Waals surface area (Å²) in [6.07, 6.45) is 0. The SMILES string of the molecule is O=[N+](O)O.[Rb]. The summed E-state index contributed by atoms with van der Waals surface area (Å²) in [6, 6.07) is 0. The van der Waals surface area contributed by atoms with E-state index in [1.54, 1.807) is 0 Å². The minimum absolute atomic E-state index is 0. The molecular formula is H2NO3Rb+. The summed E-state index contributed by atoms with van der Waals surface area (Å²) in [7, 11) is 0. The molecule has 25 valence electrons. The van der Waals surface area contributed by atoms with Crippen LogP contribution in [0.15, 0.2) is 0 Å². The third kappa shape index (κ3) is 44.7. The summed E-state index contributed by atoms with van der Waals surface area (Å²) in [4.78, 5) is 8.47. The average molecular weight is 149 g/mol. The van der Waals surface area contributed by atoms with Crippen LogP contribution in [0.25, 0.3) is 0 Å². The van der Waals surface area contributed by atoms with E-state index in [0.717, 1.165) is 0 Å². The van der Waals surface area contributed by atoms with Gasteiger partial charge < -0.3 is 0 Å². The van der Waals surface area contributed by atoms with E-state index in [0.29, 0.717) is 0 Å². The maximum Gasteiger partial charge on any atom is 0.472 e. The van der Waals surface area contributed by atoms with Crippen LogP contribution in [0.2, 0.25) is 0 Å². The number of rotatable bonds is 0. The van der Waals surface area contributed by atoms with Crippen LogP contribution in [-0.2, 0) is 0 Å². The Morgan fingerprint density at radius 1 is 1.40 bits per heavy atom. The minimum atomic E-state index is -1.25. The molecule has 0 spiro atoms. The molecule has 0 amide bonds. The first-order valence-electron chi connectivity index (χ1n) is 0.583. The van der Waals surface area contributed by atoms with Crippen LogP contribution < -0.4 is 0 Å². The Labute approximate surface area is 77.1 Å². The van der Waals surface area contributed by atoms with Crippen molar-refractivity contribution in [2.24, 2.45) is 0 Å². The Kier molecular flexibility index (Phi) is 9.39. The molecule has 0 saturated carbocycles. The predicted molar refractivity (Wildman–Crippen MR) is 13.0 cm³/mol. The van der Waals surface area contributed by atoms with Gasteiger partial charge in [-0.1, -0.05) is 0 Å². The van der Waals surface area contributed by atoms with Gasteiger partial charge in [0.1, 0.15) is 4.91 Å². The smallest absolute Gasteiger partial charge is 0.201 e. The van der Waals surface area contributed by atoms with Crippen LogP contribution in [0.4, 0.5) is 0 Å². The van der Waals surface area contributed by atoms with Gasteiger partial charge in [-0.3, -0.25) is 0 Å². The first-order valence-corrected chi connectivity index (χ1v) is 0.583. The molecule has 5 heteroatoms. The van der Waals surface area contributed by atoms with Gasteiger partial charge in [0.15, 0.2) is 0 Å². The van der Waals surface area contributed by atoms with Crippen molar-refractivity contribution < 1.29 is 15.5 Å². The molecule has 0 aromatic rings. The van der Waals surface area contributed by atoms with Crippen LogP contribution in [-0.4, -0.2) is 73.7 Å². The Hall–Kier alpha value is 1.01. The van der Waals surface area contributed by atoms with Gasteiger partial charge in [0.25, 0.3) is 0 Å². The Bertz CT molecular complexity index is 29.9. The van der Waals surface area contributed by atoms with Crippen molar-refractivity contribution in [2.75, 3.05) is 0 Å². The molecule has 0 aromatic heterocycles. The molecule has 5 heavy (non-hydrogen) atoms. The minimum Gasteiger partial charge on any atom is -0.201 e. The molecule has 1 radical (unpaired) electrons. The first-order chi connectivity index (χ1) is 1.73. The zero-order valence-electron chi connectivity index (χ0n) is 2.75.